The average molecular weight is 272 g/mol. The van der Waals surface area contributed by atoms with Gasteiger partial charge in [-0.2, -0.15) is 5.10 Å². The lowest BCUT2D eigenvalue weighted by Gasteiger charge is -2.11. The zero-order valence-electron chi connectivity index (χ0n) is 10.5. The van der Waals surface area contributed by atoms with Crippen molar-refractivity contribution in [1.29, 1.82) is 0 Å². The molecule has 0 radical (unpaired) electrons. The second-order valence-corrected chi connectivity index (χ2v) is 4.93. The Morgan fingerprint density at radius 1 is 1.11 bits per heavy atom. The Morgan fingerprint density at radius 3 is 2.58 bits per heavy atom. The van der Waals surface area contributed by atoms with Gasteiger partial charge in [0.15, 0.2) is 0 Å². The maximum atomic E-state index is 6.34. The van der Waals surface area contributed by atoms with Crippen LogP contribution in [-0.4, -0.2) is 9.78 Å². The summed E-state index contributed by atoms with van der Waals surface area (Å²) in [4.78, 5) is 0. The molecular weight excluding hydrogens is 258 g/mol. The van der Waals surface area contributed by atoms with Crippen molar-refractivity contribution >= 4 is 22.5 Å². The molecule has 0 aliphatic heterocycles. The topological polar surface area (TPSA) is 43.8 Å². The van der Waals surface area contributed by atoms with E-state index in [1.165, 1.54) is 0 Å². The number of rotatable bonds is 2. The van der Waals surface area contributed by atoms with Crippen molar-refractivity contribution in [3.63, 3.8) is 0 Å². The first-order valence-corrected chi connectivity index (χ1v) is 6.48. The van der Waals surface area contributed by atoms with Crippen LogP contribution in [0.3, 0.4) is 0 Å². The molecule has 1 heterocycles. The van der Waals surface area contributed by atoms with E-state index >= 15 is 0 Å². The standard InChI is InChI=1S/C15H14ClN3/c1-19-13-9-5-3-7-11(13)15(18-19)14(17)10-6-2-4-8-12(10)16/h2-9,14H,17H2,1H3. The van der Waals surface area contributed by atoms with Gasteiger partial charge in [-0.15, -0.1) is 0 Å². The van der Waals surface area contributed by atoms with Crippen molar-refractivity contribution in [2.45, 2.75) is 6.04 Å². The highest BCUT2D eigenvalue weighted by atomic mass is 35.5. The molecule has 0 aliphatic rings. The van der Waals surface area contributed by atoms with Gasteiger partial charge < -0.3 is 5.73 Å². The van der Waals surface area contributed by atoms with E-state index in [2.05, 4.69) is 5.10 Å². The summed E-state index contributed by atoms with van der Waals surface area (Å²) in [5.41, 5.74) is 9.16. The minimum Gasteiger partial charge on any atom is -0.319 e. The number of hydrogen-bond acceptors (Lipinski definition) is 2. The minimum atomic E-state index is -0.320. The second kappa shape index (κ2) is 4.68. The summed E-state index contributed by atoms with van der Waals surface area (Å²) in [5.74, 6) is 0. The Kier molecular flexibility index (Phi) is 3.01. The maximum Gasteiger partial charge on any atom is 0.0916 e. The van der Waals surface area contributed by atoms with Gasteiger partial charge in [-0.05, 0) is 17.7 Å². The molecule has 0 saturated heterocycles. The summed E-state index contributed by atoms with van der Waals surface area (Å²) >= 11 is 6.21. The fraction of sp³-hybridized carbons (Fsp3) is 0.133. The summed E-state index contributed by atoms with van der Waals surface area (Å²) in [6.45, 7) is 0. The summed E-state index contributed by atoms with van der Waals surface area (Å²) in [5, 5.41) is 6.28. The van der Waals surface area contributed by atoms with Crippen molar-refractivity contribution < 1.29 is 0 Å². The number of benzene rings is 2. The van der Waals surface area contributed by atoms with Crippen LogP contribution in [0.25, 0.3) is 10.9 Å². The zero-order chi connectivity index (χ0) is 13.4. The Morgan fingerprint density at radius 2 is 1.79 bits per heavy atom. The first kappa shape index (κ1) is 12.2. The lowest BCUT2D eigenvalue weighted by molar-refractivity contribution is 0.732. The van der Waals surface area contributed by atoms with Gasteiger partial charge >= 0.3 is 0 Å². The van der Waals surface area contributed by atoms with Crippen molar-refractivity contribution in [2.24, 2.45) is 12.8 Å². The summed E-state index contributed by atoms with van der Waals surface area (Å²) in [6, 6.07) is 15.4. The SMILES string of the molecule is Cn1nc(C(N)c2ccccc2Cl)c2ccccc21. The number of para-hydroxylation sites is 1. The zero-order valence-corrected chi connectivity index (χ0v) is 11.3. The van der Waals surface area contributed by atoms with Gasteiger partial charge in [0.2, 0.25) is 0 Å². The largest absolute Gasteiger partial charge is 0.319 e. The molecule has 0 aliphatic carbocycles. The Bertz CT molecular complexity index is 733. The lowest BCUT2D eigenvalue weighted by Crippen LogP contribution is -2.13. The van der Waals surface area contributed by atoms with Crippen LogP contribution in [0.15, 0.2) is 48.5 Å². The quantitative estimate of drug-likeness (QED) is 0.777. The first-order chi connectivity index (χ1) is 9.18. The fourth-order valence-corrected chi connectivity index (χ4v) is 2.60. The van der Waals surface area contributed by atoms with Crippen LogP contribution >= 0.6 is 11.6 Å². The van der Waals surface area contributed by atoms with Gasteiger partial charge in [0, 0.05) is 17.5 Å². The number of halogens is 1. The van der Waals surface area contributed by atoms with Crippen LogP contribution in [-0.2, 0) is 7.05 Å². The van der Waals surface area contributed by atoms with Crippen molar-refractivity contribution in [3.8, 4) is 0 Å². The normalized spacial score (nSPS) is 12.8. The molecule has 0 fully saturated rings. The second-order valence-electron chi connectivity index (χ2n) is 4.53. The minimum absolute atomic E-state index is 0.320. The molecule has 3 aromatic rings. The molecule has 3 rings (SSSR count). The molecule has 0 saturated carbocycles. The van der Waals surface area contributed by atoms with Crippen molar-refractivity contribution in [2.75, 3.05) is 0 Å². The molecule has 1 aromatic heterocycles. The van der Waals surface area contributed by atoms with E-state index in [0.29, 0.717) is 5.02 Å². The van der Waals surface area contributed by atoms with E-state index in [9.17, 15) is 0 Å². The van der Waals surface area contributed by atoms with Crippen LogP contribution in [0.4, 0.5) is 0 Å². The monoisotopic (exact) mass is 271 g/mol. The van der Waals surface area contributed by atoms with Crippen molar-refractivity contribution in [1.82, 2.24) is 9.78 Å². The van der Waals surface area contributed by atoms with E-state index in [1.54, 1.807) is 0 Å². The van der Waals surface area contributed by atoms with Crippen LogP contribution in [0.2, 0.25) is 5.02 Å². The summed E-state index contributed by atoms with van der Waals surface area (Å²) in [7, 11) is 1.92. The Hall–Kier alpha value is -1.84. The summed E-state index contributed by atoms with van der Waals surface area (Å²) in [6.07, 6.45) is 0. The first-order valence-electron chi connectivity index (χ1n) is 6.10. The van der Waals surface area contributed by atoms with Crippen LogP contribution in [0.1, 0.15) is 17.3 Å². The molecular formula is C15H14ClN3. The molecule has 1 unspecified atom stereocenters. The van der Waals surface area contributed by atoms with Gasteiger partial charge in [0.25, 0.3) is 0 Å². The summed E-state index contributed by atoms with van der Waals surface area (Å²) < 4.78 is 1.85. The van der Waals surface area contributed by atoms with Crippen LogP contribution < -0.4 is 5.73 Å². The Labute approximate surface area is 116 Å². The lowest BCUT2D eigenvalue weighted by atomic mass is 10.0. The van der Waals surface area contributed by atoms with E-state index in [1.807, 2.05) is 60.3 Å². The number of fused-ring (bicyclic) bond motifs is 1. The predicted octanol–water partition coefficient (Wildman–Crippen LogP) is 3.27. The average Bonchev–Trinajstić information content (AvgIpc) is 2.77. The van der Waals surface area contributed by atoms with E-state index in [-0.39, 0.29) is 6.04 Å². The fourth-order valence-electron chi connectivity index (χ4n) is 2.35. The number of nitrogens with zero attached hydrogens (tertiary/aromatic N) is 2. The molecule has 2 aromatic carbocycles. The smallest absolute Gasteiger partial charge is 0.0916 e. The van der Waals surface area contributed by atoms with Gasteiger partial charge in [0.1, 0.15) is 0 Å². The highest BCUT2D eigenvalue weighted by molar-refractivity contribution is 6.31. The van der Waals surface area contributed by atoms with Crippen molar-refractivity contribution in [3.05, 3.63) is 64.8 Å². The van der Waals surface area contributed by atoms with E-state index < -0.39 is 0 Å². The third-order valence-corrected chi connectivity index (χ3v) is 3.67. The molecule has 0 bridgehead atoms. The van der Waals surface area contributed by atoms with Gasteiger partial charge in [0.05, 0.1) is 17.3 Å². The highest BCUT2D eigenvalue weighted by Gasteiger charge is 2.18. The van der Waals surface area contributed by atoms with Gasteiger partial charge in [-0.3, -0.25) is 4.68 Å². The van der Waals surface area contributed by atoms with Crippen LogP contribution in [0, 0.1) is 0 Å². The number of nitrogens with two attached hydrogens (primary N) is 1. The molecule has 0 spiro atoms. The van der Waals surface area contributed by atoms with Gasteiger partial charge in [-0.25, -0.2) is 0 Å². The van der Waals surface area contributed by atoms with Gasteiger partial charge in [-0.1, -0.05) is 48.0 Å². The van der Waals surface area contributed by atoms with Crippen LogP contribution in [0.5, 0.6) is 0 Å². The third kappa shape index (κ3) is 2.01. The molecule has 0 amide bonds. The molecule has 4 heteroatoms. The maximum absolute atomic E-state index is 6.34. The number of hydrogen-bond donors (Lipinski definition) is 1. The molecule has 1 atom stereocenters. The number of aryl methyl sites for hydroxylation is 1. The molecule has 3 nitrogen and oxygen atoms in total. The van der Waals surface area contributed by atoms with E-state index in [4.69, 9.17) is 17.3 Å². The Balaban J connectivity index is 2.17. The van der Waals surface area contributed by atoms with E-state index in [0.717, 1.165) is 22.2 Å². The molecule has 19 heavy (non-hydrogen) atoms. The molecule has 96 valence electrons. The third-order valence-electron chi connectivity index (χ3n) is 3.32. The molecule has 2 N–H and O–H groups in total. The number of aromatic nitrogens is 2. The highest BCUT2D eigenvalue weighted by Crippen LogP contribution is 2.29. The predicted molar refractivity (Wildman–Crippen MR) is 78.2 cm³/mol.